The molecule has 8 heteroatoms. The van der Waals surface area contributed by atoms with Crippen LogP contribution in [0.25, 0.3) is 0 Å². The van der Waals surface area contributed by atoms with Crippen molar-refractivity contribution in [3.63, 3.8) is 0 Å². The summed E-state index contributed by atoms with van der Waals surface area (Å²) in [6.07, 6.45) is -1.18. The molecule has 2 aromatic carbocycles. The third kappa shape index (κ3) is 8.20. The van der Waals surface area contributed by atoms with Crippen molar-refractivity contribution in [1.29, 1.82) is 0 Å². The van der Waals surface area contributed by atoms with Crippen molar-refractivity contribution in [2.75, 3.05) is 13.2 Å². The first kappa shape index (κ1) is 25.8. The van der Waals surface area contributed by atoms with Crippen molar-refractivity contribution >= 4 is 11.8 Å². The fourth-order valence-corrected chi connectivity index (χ4v) is 2.57. The number of amides is 2. The van der Waals surface area contributed by atoms with Gasteiger partial charge in [-0.3, -0.25) is 14.8 Å². The van der Waals surface area contributed by atoms with E-state index >= 15 is 0 Å². The summed E-state index contributed by atoms with van der Waals surface area (Å²) < 4.78 is 0. The Bertz CT molecular complexity index is 900. The van der Waals surface area contributed by atoms with Gasteiger partial charge in [-0.25, -0.2) is 5.48 Å². The minimum absolute atomic E-state index is 0. The summed E-state index contributed by atoms with van der Waals surface area (Å²) in [6.45, 7) is 2.65. The maximum atomic E-state index is 12.3. The topological polar surface area (TPSA) is 131 Å². The number of hydrogen-bond donors (Lipinski definition) is 6. The zero-order chi connectivity index (χ0) is 21.9. The molecule has 0 spiro atoms. The maximum absolute atomic E-state index is 12.3. The summed E-state index contributed by atoms with van der Waals surface area (Å²) in [4.78, 5) is 23.8. The van der Waals surface area contributed by atoms with Crippen LogP contribution in [0.4, 0.5) is 0 Å². The van der Waals surface area contributed by atoms with Crippen LogP contribution in [0.3, 0.4) is 0 Å². The molecule has 0 bridgehead atoms. The van der Waals surface area contributed by atoms with Gasteiger partial charge in [0.1, 0.15) is 6.04 Å². The Hall–Kier alpha value is -3.22. The summed E-state index contributed by atoms with van der Waals surface area (Å²) in [5.74, 6) is 4.60. The molecule has 31 heavy (non-hydrogen) atoms. The van der Waals surface area contributed by atoms with Crippen LogP contribution in [-0.2, 0) is 11.3 Å². The Balaban J connectivity index is 0.00000480. The molecule has 2 atom stereocenters. The van der Waals surface area contributed by atoms with Crippen LogP contribution in [0.5, 0.6) is 0 Å². The first-order valence-corrected chi connectivity index (χ1v) is 9.40. The number of carbonyl (C=O) groups is 2. The molecule has 2 rings (SSSR count). The van der Waals surface area contributed by atoms with Gasteiger partial charge >= 0.3 is 0 Å². The van der Waals surface area contributed by atoms with Gasteiger partial charge in [-0.2, -0.15) is 0 Å². The van der Waals surface area contributed by atoms with E-state index in [2.05, 4.69) is 22.5 Å². The second-order valence-corrected chi connectivity index (χ2v) is 6.59. The molecule has 0 heterocycles. The number of aliphatic hydroxyl groups excluding tert-OH is 2. The van der Waals surface area contributed by atoms with Crippen molar-refractivity contribution in [3.8, 4) is 11.8 Å². The zero-order valence-corrected chi connectivity index (χ0v) is 16.6. The van der Waals surface area contributed by atoms with Crippen LogP contribution in [0.2, 0.25) is 0 Å². The largest absolute Gasteiger partial charge is 0.395 e. The highest BCUT2D eigenvalue weighted by Crippen LogP contribution is 2.07. The Morgan fingerprint density at radius 3 is 2.03 bits per heavy atom. The molecular weight excluding hydrogens is 398 g/mol. The highest BCUT2D eigenvalue weighted by Gasteiger charge is 2.25. The molecule has 0 aliphatic rings. The highest BCUT2D eigenvalue weighted by molar-refractivity contribution is 5.97. The van der Waals surface area contributed by atoms with Crippen LogP contribution in [0.1, 0.15) is 41.4 Å². The molecule has 8 nitrogen and oxygen atoms in total. The molecule has 0 unspecified atom stereocenters. The van der Waals surface area contributed by atoms with E-state index in [0.717, 1.165) is 11.1 Å². The van der Waals surface area contributed by atoms with Crippen LogP contribution in [-0.4, -0.2) is 52.5 Å². The molecule has 0 radical (unpaired) electrons. The predicted octanol–water partition coefficient (Wildman–Crippen LogP) is 0.789. The monoisotopic (exact) mass is 427 g/mol. The van der Waals surface area contributed by atoms with E-state index in [4.69, 9.17) is 10.3 Å². The van der Waals surface area contributed by atoms with E-state index in [-0.39, 0.29) is 19.6 Å². The van der Waals surface area contributed by atoms with Gasteiger partial charge in [0.2, 0.25) is 0 Å². The lowest BCUT2D eigenvalue weighted by molar-refractivity contribution is -0.133. The van der Waals surface area contributed by atoms with Crippen LogP contribution in [0, 0.1) is 11.8 Å². The van der Waals surface area contributed by atoms with Gasteiger partial charge in [-0.05, 0) is 48.9 Å². The van der Waals surface area contributed by atoms with E-state index in [0.29, 0.717) is 18.7 Å². The lowest BCUT2D eigenvalue weighted by Crippen LogP contribution is -2.51. The van der Waals surface area contributed by atoms with E-state index in [1.54, 1.807) is 24.3 Å². The Morgan fingerprint density at radius 1 is 1.00 bits per heavy atom. The highest BCUT2D eigenvalue weighted by atomic mass is 16.5. The molecule has 0 aromatic heterocycles. The van der Waals surface area contributed by atoms with Gasteiger partial charge in [-0.1, -0.05) is 31.4 Å². The van der Waals surface area contributed by atoms with Crippen molar-refractivity contribution < 1.29 is 25.0 Å². The van der Waals surface area contributed by atoms with Crippen LogP contribution >= 0.6 is 0 Å². The third-order valence-electron chi connectivity index (χ3n) is 4.23. The summed E-state index contributed by atoms with van der Waals surface area (Å²) >= 11 is 0. The first-order chi connectivity index (χ1) is 14.4. The molecule has 2 amide bonds. The fraction of sp³-hybridized carbons (Fsp3) is 0.304. The Morgan fingerprint density at radius 2 is 1.55 bits per heavy atom. The number of hydroxylamine groups is 1. The number of aliphatic hydroxyl groups is 2. The second kappa shape index (κ2) is 13.2. The van der Waals surface area contributed by atoms with Crippen molar-refractivity contribution in [1.82, 2.24) is 16.1 Å². The fourth-order valence-electron chi connectivity index (χ4n) is 2.57. The summed E-state index contributed by atoms with van der Waals surface area (Å²) in [5.41, 5.74) is 4.35. The van der Waals surface area contributed by atoms with Gasteiger partial charge < -0.3 is 20.8 Å². The molecule has 2 aromatic rings. The molecule has 166 valence electrons. The van der Waals surface area contributed by atoms with Crippen molar-refractivity contribution in [2.24, 2.45) is 0 Å². The first-order valence-electron chi connectivity index (χ1n) is 9.40. The number of carbonyl (C=O) groups excluding carboxylic acids is 2. The molecule has 0 aliphatic heterocycles. The van der Waals surface area contributed by atoms with Crippen LogP contribution in [0.15, 0.2) is 48.5 Å². The predicted molar refractivity (Wildman–Crippen MR) is 117 cm³/mol. The number of hydrogen-bond acceptors (Lipinski definition) is 6. The Kier molecular flexibility index (Phi) is 11.0. The standard InChI is InChI=1S/C22H25N3O5.CH4/c1-15(27)20(22(29)25-30)24-21(28)19-10-8-17(9-11-19)3-2-16-4-6-18(7-5-16)14-23-12-13-26;/h4-11,15,20,23,26-27,30H,12-14H2,1H3,(H,24,28)(H,25,29);1H4/t15-,20+;/m1./s1. The van der Waals surface area contributed by atoms with Crippen LogP contribution < -0.4 is 16.1 Å². The van der Waals surface area contributed by atoms with E-state index < -0.39 is 24.0 Å². The van der Waals surface area contributed by atoms with Gasteiger partial charge in [0.15, 0.2) is 0 Å². The second-order valence-electron chi connectivity index (χ2n) is 6.59. The van der Waals surface area contributed by atoms with Gasteiger partial charge in [0.25, 0.3) is 11.8 Å². The lowest BCUT2D eigenvalue weighted by atomic mass is 10.1. The molecule has 0 fully saturated rings. The minimum Gasteiger partial charge on any atom is -0.395 e. The maximum Gasteiger partial charge on any atom is 0.268 e. The molecular formula is C23H29N3O5. The summed E-state index contributed by atoms with van der Waals surface area (Å²) in [6, 6.07) is 12.9. The third-order valence-corrected chi connectivity index (χ3v) is 4.23. The normalized spacial score (nSPS) is 11.9. The van der Waals surface area contributed by atoms with Gasteiger partial charge in [0, 0.05) is 29.8 Å². The average Bonchev–Trinajstić information content (AvgIpc) is 2.76. The van der Waals surface area contributed by atoms with E-state index in [1.807, 2.05) is 24.3 Å². The van der Waals surface area contributed by atoms with Gasteiger partial charge in [0.05, 0.1) is 12.7 Å². The zero-order valence-electron chi connectivity index (χ0n) is 16.6. The molecule has 0 saturated heterocycles. The van der Waals surface area contributed by atoms with Crippen molar-refractivity contribution in [2.45, 2.75) is 33.0 Å². The van der Waals surface area contributed by atoms with Crippen molar-refractivity contribution in [3.05, 3.63) is 70.8 Å². The molecule has 6 N–H and O–H groups in total. The Labute approximate surface area is 182 Å². The smallest absolute Gasteiger partial charge is 0.268 e. The van der Waals surface area contributed by atoms with Gasteiger partial charge in [-0.15, -0.1) is 0 Å². The molecule has 0 saturated carbocycles. The van der Waals surface area contributed by atoms with E-state index in [9.17, 15) is 14.7 Å². The minimum atomic E-state index is -1.27. The number of benzene rings is 2. The van der Waals surface area contributed by atoms with E-state index in [1.165, 1.54) is 12.4 Å². The number of nitrogens with one attached hydrogen (secondary N) is 3. The number of rotatable bonds is 8. The SMILES string of the molecule is C.C[C@@H](O)[C@H](NC(=O)c1ccc(C#Cc2ccc(CNCCO)cc2)cc1)C(=O)NO. The average molecular weight is 428 g/mol. The molecule has 0 aliphatic carbocycles. The quantitative estimate of drug-likeness (QED) is 0.160. The summed E-state index contributed by atoms with van der Waals surface area (Å²) in [5, 5.41) is 32.5. The lowest BCUT2D eigenvalue weighted by Gasteiger charge is -2.19. The summed E-state index contributed by atoms with van der Waals surface area (Å²) in [7, 11) is 0.